The Hall–Kier alpha value is -0.120. The molecule has 1 aliphatic heterocycles. The number of hydrogen-bond acceptors (Lipinski definition) is 3. The summed E-state index contributed by atoms with van der Waals surface area (Å²) in [5.74, 6) is 0. The van der Waals surface area contributed by atoms with Crippen LogP contribution in [0.5, 0.6) is 0 Å². The zero-order valence-corrected chi connectivity index (χ0v) is 13.1. The third kappa shape index (κ3) is 5.25. The average Bonchev–Trinajstić information content (AvgIpc) is 2.72. The zero-order chi connectivity index (χ0) is 13.5. The molecule has 1 aliphatic rings. The molecule has 3 heteroatoms. The minimum atomic E-state index is 0.628. The highest BCUT2D eigenvalue weighted by atomic mass is 15.2. The van der Waals surface area contributed by atoms with Gasteiger partial charge < -0.3 is 15.1 Å². The summed E-state index contributed by atoms with van der Waals surface area (Å²) in [5.41, 5.74) is 0. The molecule has 1 heterocycles. The first-order valence-corrected chi connectivity index (χ1v) is 7.68. The lowest BCUT2D eigenvalue weighted by Crippen LogP contribution is -2.43. The zero-order valence-electron chi connectivity index (χ0n) is 13.1. The van der Waals surface area contributed by atoms with Gasteiger partial charge in [-0.1, -0.05) is 6.92 Å². The first kappa shape index (κ1) is 15.9. The Balaban J connectivity index is 2.25. The maximum absolute atomic E-state index is 3.58. The molecule has 0 aromatic heterocycles. The Kier molecular flexibility index (Phi) is 7.20. The summed E-state index contributed by atoms with van der Waals surface area (Å²) in [7, 11) is 4.55. The van der Waals surface area contributed by atoms with E-state index in [1.807, 2.05) is 0 Å². The molecule has 1 rings (SSSR count). The molecule has 0 bridgehead atoms. The van der Waals surface area contributed by atoms with Crippen molar-refractivity contribution in [2.24, 2.45) is 0 Å². The molecule has 0 spiro atoms. The molecular formula is C15H33N3. The monoisotopic (exact) mass is 255 g/mol. The van der Waals surface area contributed by atoms with Gasteiger partial charge in [0.25, 0.3) is 0 Å². The molecule has 1 N–H and O–H groups in total. The fourth-order valence-corrected chi connectivity index (χ4v) is 2.89. The summed E-state index contributed by atoms with van der Waals surface area (Å²) in [6.07, 6.45) is 5.21. The highest BCUT2D eigenvalue weighted by Crippen LogP contribution is 2.17. The van der Waals surface area contributed by atoms with Gasteiger partial charge in [0.05, 0.1) is 0 Å². The number of likely N-dealkylation sites (N-methyl/N-ethyl adjacent to an activating group) is 2. The Morgan fingerprint density at radius 3 is 2.67 bits per heavy atom. The molecule has 0 aromatic carbocycles. The maximum Gasteiger partial charge on any atom is 0.0220 e. The van der Waals surface area contributed by atoms with Gasteiger partial charge in [-0.15, -0.1) is 0 Å². The summed E-state index contributed by atoms with van der Waals surface area (Å²) in [5, 5.41) is 3.58. The molecule has 0 radical (unpaired) electrons. The first-order chi connectivity index (χ1) is 8.54. The summed E-state index contributed by atoms with van der Waals surface area (Å²) in [6.45, 7) is 10.5. The van der Waals surface area contributed by atoms with Crippen molar-refractivity contribution in [1.82, 2.24) is 15.1 Å². The van der Waals surface area contributed by atoms with Gasteiger partial charge in [-0.2, -0.15) is 0 Å². The van der Waals surface area contributed by atoms with Crippen LogP contribution in [0.2, 0.25) is 0 Å². The fourth-order valence-electron chi connectivity index (χ4n) is 2.89. The standard InChI is InChI=1S/C15H33N3/c1-6-9-16-13(2)11-14(3)18(5)12-15-8-7-10-17(15)4/h13-16H,6-12H2,1-5H3. The number of likely N-dealkylation sites (tertiary alicyclic amines) is 1. The third-order valence-electron chi connectivity index (χ3n) is 4.36. The van der Waals surface area contributed by atoms with Crippen LogP contribution in [0, 0.1) is 0 Å². The number of hydrogen-bond donors (Lipinski definition) is 1. The van der Waals surface area contributed by atoms with Crippen LogP contribution < -0.4 is 5.32 Å². The van der Waals surface area contributed by atoms with E-state index < -0.39 is 0 Å². The van der Waals surface area contributed by atoms with Gasteiger partial charge >= 0.3 is 0 Å². The van der Waals surface area contributed by atoms with Crippen LogP contribution in [0.15, 0.2) is 0 Å². The van der Waals surface area contributed by atoms with Gasteiger partial charge in [-0.25, -0.2) is 0 Å². The van der Waals surface area contributed by atoms with Crippen LogP contribution in [-0.4, -0.2) is 61.7 Å². The third-order valence-corrected chi connectivity index (χ3v) is 4.36. The molecule has 0 aromatic rings. The van der Waals surface area contributed by atoms with Crippen molar-refractivity contribution in [2.75, 3.05) is 33.7 Å². The molecule has 108 valence electrons. The summed E-state index contributed by atoms with van der Waals surface area (Å²) >= 11 is 0. The van der Waals surface area contributed by atoms with Crippen LogP contribution in [-0.2, 0) is 0 Å². The first-order valence-electron chi connectivity index (χ1n) is 7.68. The Morgan fingerprint density at radius 1 is 1.39 bits per heavy atom. The topological polar surface area (TPSA) is 18.5 Å². The van der Waals surface area contributed by atoms with E-state index in [9.17, 15) is 0 Å². The molecule has 0 amide bonds. The molecule has 3 unspecified atom stereocenters. The second-order valence-electron chi connectivity index (χ2n) is 6.16. The van der Waals surface area contributed by atoms with E-state index in [0.717, 1.165) is 12.6 Å². The Morgan fingerprint density at radius 2 is 2.11 bits per heavy atom. The van der Waals surface area contributed by atoms with Crippen LogP contribution in [0.25, 0.3) is 0 Å². The van der Waals surface area contributed by atoms with Crippen LogP contribution in [0.3, 0.4) is 0 Å². The SMILES string of the molecule is CCCNC(C)CC(C)N(C)CC1CCCN1C. The van der Waals surface area contributed by atoms with Gasteiger partial charge in [0.2, 0.25) is 0 Å². The maximum atomic E-state index is 3.58. The van der Waals surface area contributed by atoms with Gasteiger partial charge in [0.1, 0.15) is 0 Å². The van der Waals surface area contributed by atoms with Crippen molar-refractivity contribution < 1.29 is 0 Å². The lowest BCUT2D eigenvalue weighted by Gasteiger charge is -2.31. The number of nitrogens with one attached hydrogen (secondary N) is 1. The number of nitrogens with zero attached hydrogens (tertiary/aromatic N) is 2. The van der Waals surface area contributed by atoms with Crippen LogP contribution in [0.1, 0.15) is 46.5 Å². The minimum Gasteiger partial charge on any atom is -0.314 e. The van der Waals surface area contributed by atoms with E-state index >= 15 is 0 Å². The van der Waals surface area contributed by atoms with Crippen molar-refractivity contribution in [1.29, 1.82) is 0 Å². The predicted octanol–water partition coefficient (Wildman–Crippen LogP) is 2.18. The summed E-state index contributed by atoms with van der Waals surface area (Å²) < 4.78 is 0. The smallest absolute Gasteiger partial charge is 0.0220 e. The average molecular weight is 255 g/mol. The fraction of sp³-hybridized carbons (Fsp3) is 1.00. The van der Waals surface area contributed by atoms with Crippen molar-refractivity contribution in [3.63, 3.8) is 0 Å². The molecule has 0 saturated carbocycles. The molecular weight excluding hydrogens is 222 g/mol. The highest BCUT2D eigenvalue weighted by molar-refractivity contribution is 4.81. The van der Waals surface area contributed by atoms with E-state index in [1.165, 1.54) is 38.8 Å². The predicted molar refractivity (Wildman–Crippen MR) is 80.1 cm³/mol. The van der Waals surface area contributed by atoms with Gasteiger partial charge in [-0.05, 0) is 66.7 Å². The lowest BCUT2D eigenvalue weighted by molar-refractivity contribution is 0.172. The Labute approximate surface area is 114 Å². The van der Waals surface area contributed by atoms with Crippen molar-refractivity contribution >= 4 is 0 Å². The van der Waals surface area contributed by atoms with Gasteiger partial charge in [0, 0.05) is 24.7 Å². The molecule has 1 fully saturated rings. The van der Waals surface area contributed by atoms with Crippen molar-refractivity contribution in [3.05, 3.63) is 0 Å². The van der Waals surface area contributed by atoms with E-state index in [4.69, 9.17) is 0 Å². The van der Waals surface area contributed by atoms with Crippen molar-refractivity contribution in [3.8, 4) is 0 Å². The van der Waals surface area contributed by atoms with Gasteiger partial charge in [-0.3, -0.25) is 0 Å². The quantitative estimate of drug-likeness (QED) is 0.717. The largest absolute Gasteiger partial charge is 0.314 e. The van der Waals surface area contributed by atoms with E-state index in [-0.39, 0.29) is 0 Å². The highest BCUT2D eigenvalue weighted by Gasteiger charge is 2.24. The van der Waals surface area contributed by atoms with Crippen LogP contribution in [0.4, 0.5) is 0 Å². The molecule has 3 atom stereocenters. The van der Waals surface area contributed by atoms with E-state index in [2.05, 4.69) is 50.0 Å². The van der Waals surface area contributed by atoms with E-state index in [1.54, 1.807) is 0 Å². The van der Waals surface area contributed by atoms with Gasteiger partial charge in [0.15, 0.2) is 0 Å². The van der Waals surface area contributed by atoms with E-state index in [0.29, 0.717) is 12.1 Å². The normalized spacial score (nSPS) is 24.7. The molecule has 0 aliphatic carbocycles. The minimum absolute atomic E-state index is 0.628. The lowest BCUT2D eigenvalue weighted by atomic mass is 10.1. The van der Waals surface area contributed by atoms with Crippen molar-refractivity contribution in [2.45, 2.75) is 64.6 Å². The second-order valence-corrected chi connectivity index (χ2v) is 6.16. The molecule has 18 heavy (non-hydrogen) atoms. The molecule has 3 nitrogen and oxygen atoms in total. The summed E-state index contributed by atoms with van der Waals surface area (Å²) in [6, 6.07) is 2.07. The van der Waals surface area contributed by atoms with Crippen LogP contribution >= 0.6 is 0 Å². The Bertz CT molecular complexity index is 220. The summed E-state index contributed by atoms with van der Waals surface area (Å²) in [4.78, 5) is 5.05. The second kappa shape index (κ2) is 8.13. The number of rotatable bonds is 8. The molecule has 1 saturated heterocycles.